The number of rotatable bonds is 5. The van der Waals surface area contributed by atoms with Crippen molar-refractivity contribution in [3.63, 3.8) is 0 Å². The van der Waals surface area contributed by atoms with Gasteiger partial charge in [0, 0.05) is 18.8 Å². The van der Waals surface area contributed by atoms with E-state index in [9.17, 15) is 0 Å². The Balaban J connectivity index is 1.86. The molecule has 2 N–H and O–H groups in total. The maximum absolute atomic E-state index is 5.94. The number of nitrogen functional groups attached to an aromatic ring is 1. The normalized spacial score (nSPS) is 10.8. The molecule has 0 saturated carbocycles. The summed E-state index contributed by atoms with van der Waals surface area (Å²) in [5.74, 6) is 0. The van der Waals surface area contributed by atoms with Crippen molar-refractivity contribution in [1.82, 2.24) is 4.90 Å². The van der Waals surface area contributed by atoms with Crippen molar-refractivity contribution in [2.45, 2.75) is 13.0 Å². The van der Waals surface area contributed by atoms with E-state index in [-0.39, 0.29) is 0 Å². The van der Waals surface area contributed by atoms with Crippen molar-refractivity contribution in [1.29, 1.82) is 0 Å². The van der Waals surface area contributed by atoms with E-state index < -0.39 is 0 Å². The molecule has 2 aromatic rings. The Labute approximate surface area is 109 Å². The number of para-hydroxylation sites is 1. The van der Waals surface area contributed by atoms with Gasteiger partial charge in [-0.05, 0) is 30.7 Å². The first kappa shape index (κ1) is 12.7. The van der Waals surface area contributed by atoms with Crippen molar-refractivity contribution < 1.29 is 0 Å². The molecule has 0 unspecified atom stereocenters. The Morgan fingerprint density at radius 2 is 1.61 bits per heavy atom. The summed E-state index contributed by atoms with van der Waals surface area (Å²) >= 11 is 0. The zero-order valence-corrected chi connectivity index (χ0v) is 10.8. The predicted octanol–water partition coefficient (Wildman–Crippen LogP) is 2.94. The highest BCUT2D eigenvalue weighted by Gasteiger charge is 2.02. The van der Waals surface area contributed by atoms with Crippen LogP contribution in [-0.2, 0) is 13.0 Å². The van der Waals surface area contributed by atoms with E-state index in [0.717, 1.165) is 25.2 Å². The Morgan fingerprint density at radius 1 is 0.944 bits per heavy atom. The molecule has 94 valence electrons. The van der Waals surface area contributed by atoms with Crippen LogP contribution in [0.25, 0.3) is 0 Å². The van der Waals surface area contributed by atoms with Crippen molar-refractivity contribution in [2.24, 2.45) is 0 Å². The fourth-order valence-electron chi connectivity index (χ4n) is 2.05. The minimum atomic E-state index is 0.894. The van der Waals surface area contributed by atoms with Crippen LogP contribution in [0.3, 0.4) is 0 Å². The zero-order valence-electron chi connectivity index (χ0n) is 10.8. The van der Waals surface area contributed by atoms with Gasteiger partial charge in [-0.15, -0.1) is 0 Å². The molecule has 2 rings (SSSR count). The van der Waals surface area contributed by atoms with Gasteiger partial charge in [0.25, 0.3) is 0 Å². The lowest BCUT2D eigenvalue weighted by atomic mass is 10.1. The van der Waals surface area contributed by atoms with Crippen molar-refractivity contribution in [3.8, 4) is 0 Å². The molecule has 2 aromatic carbocycles. The molecular weight excluding hydrogens is 220 g/mol. The van der Waals surface area contributed by atoms with Crippen LogP contribution in [0, 0.1) is 0 Å². The Kier molecular flexibility index (Phi) is 4.37. The molecule has 2 nitrogen and oxygen atoms in total. The molecule has 18 heavy (non-hydrogen) atoms. The molecule has 0 aliphatic rings. The first-order valence-corrected chi connectivity index (χ1v) is 6.31. The van der Waals surface area contributed by atoms with Crippen LogP contribution < -0.4 is 5.73 Å². The lowest BCUT2D eigenvalue weighted by molar-refractivity contribution is 0.331. The summed E-state index contributed by atoms with van der Waals surface area (Å²) in [6.07, 6.45) is 0.996. The first-order chi connectivity index (χ1) is 8.75. The van der Waals surface area contributed by atoms with Crippen LogP contribution in [0.2, 0.25) is 0 Å². The van der Waals surface area contributed by atoms with E-state index in [2.05, 4.69) is 42.3 Å². The molecule has 2 heteroatoms. The smallest absolute Gasteiger partial charge is 0.0347 e. The molecule has 0 bridgehead atoms. The fraction of sp³-hybridized carbons (Fsp3) is 0.250. The second-order valence-corrected chi connectivity index (χ2v) is 4.67. The summed E-state index contributed by atoms with van der Waals surface area (Å²) in [6.45, 7) is 2.00. The second kappa shape index (κ2) is 6.22. The first-order valence-electron chi connectivity index (χ1n) is 6.31. The number of nitrogens with two attached hydrogens (primary N) is 1. The van der Waals surface area contributed by atoms with E-state index in [4.69, 9.17) is 5.73 Å². The van der Waals surface area contributed by atoms with Gasteiger partial charge in [0.2, 0.25) is 0 Å². The third-order valence-corrected chi connectivity index (χ3v) is 3.11. The number of anilines is 1. The van der Waals surface area contributed by atoms with Gasteiger partial charge in [0.15, 0.2) is 0 Å². The number of nitrogens with zero attached hydrogens (tertiary/aromatic N) is 1. The molecular formula is C16H20N2. The van der Waals surface area contributed by atoms with E-state index in [1.165, 1.54) is 11.1 Å². The molecule has 0 radical (unpaired) electrons. The Bertz CT molecular complexity index is 479. The van der Waals surface area contributed by atoms with Gasteiger partial charge in [-0.25, -0.2) is 0 Å². The lowest BCUT2D eigenvalue weighted by Crippen LogP contribution is -2.21. The van der Waals surface area contributed by atoms with Gasteiger partial charge >= 0.3 is 0 Å². The molecule has 0 spiro atoms. The number of likely N-dealkylation sites (N-methyl/N-ethyl adjacent to an activating group) is 1. The van der Waals surface area contributed by atoms with Crippen molar-refractivity contribution in [3.05, 3.63) is 65.7 Å². The molecule has 0 atom stereocenters. The minimum Gasteiger partial charge on any atom is -0.399 e. The Hall–Kier alpha value is -1.80. The van der Waals surface area contributed by atoms with E-state index in [1.54, 1.807) is 0 Å². The fourth-order valence-corrected chi connectivity index (χ4v) is 2.05. The molecule has 0 aliphatic heterocycles. The average Bonchev–Trinajstić information content (AvgIpc) is 2.39. The van der Waals surface area contributed by atoms with Gasteiger partial charge in [-0.3, -0.25) is 0 Å². The third-order valence-electron chi connectivity index (χ3n) is 3.11. The number of benzene rings is 2. The second-order valence-electron chi connectivity index (χ2n) is 4.67. The molecule has 0 fully saturated rings. The molecule has 0 heterocycles. The summed E-state index contributed by atoms with van der Waals surface area (Å²) in [6, 6.07) is 18.6. The largest absolute Gasteiger partial charge is 0.399 e. The monoisotopic (exact) mass is 240 g/mol. The molecule has 0 aromatic heterocycles. The third kappa shape index (κ3) is 3.60. The van der Waals surface area contributed by atoms with Crippen LogP contribution in [0.15, 0.2) is 54.6 Å². The summed E-state index contributed by atoms with van der Waals surface area (Å²) < 4.78 is 0. The van der Waals surface area contributed by atoms with Gasteiger partial charge in [0.1, 0.15) is 0 Å². The highest BCUT2D eigenvalue weighted by atomic mass is 15.1. The highest BCUT2D eigenvalue weighted by molar-refractivity contribution is 5.46. The van der Waals surface area contributed by atoms with Crippen LogP contribution >= 0.6 is 0 Å². The Morgan fingerprint density at radius 3 is 2.33 bits per heavy atom. The van der Waals surface area contributed by atoms with Gasteiger partial charge in [-0.2, -0.15) is 0 Å². The molecule has 0 saturated heterocycles. The van der Waals surface area contributed by atoms with Crippen LogP contribution in [-0.4, -0.2) is 18.5 Å². The van der Waals surface area contributed by atoms with Crippen molar-refractivity contribution >= 4 is 5.69 Å². The summed E-state index contributed by atoms with van der Waals surface area (Å²) in [7, 11) is 2.14. The molecule has 0 amide bonds. The zero-order chi connectivity index (χ0) is 12.8. The lowest BCUT2D eigenvalue weighted by Gasteiger charge is -2.17. The quantitative estimate of drug-likeness (QED) is 0.814. The van der Waals surface area contributed by atoms with Crippen molar-refractivity contribution in [2.75, 3.05) is 19.3 Å². The highest BCUT2D eigenvalue weighted by Crippen LogP contribution is 2.12. The maximum Gasteiger partial charge on any atom is 0.0347 e. The predicted molar refractivity (Wildman–Crippen MR) is 77.3 cm³/mol. The number of hydrogen-bond acceptors (Lipinski definition) is 2. The number of hydrogen-bond donors (Lipinski definition) is 1. The van der Waals surface area contributed by atoms with E-state index in [1.807, 2.05) is 24.3 Å². The topological polar surface area (TPSA) is 29.3 Å². The van der Waals surface area contributed by atoms with Crippen LogP contribution in [0.4, 0.5) is 5.69 Å². The average molecular weight is 240 g/mol. The summed E-state index contributed by atoms with van der Waals surface area (Å²) in [5.41, 5.74) is 9.42. The minimum absolute atomic E-state index is 0.894. The van der Waals surface area contributed by atoms with Crippen LogP contribution in [0.5, 0.6) is 0 Å². The van der Waals surface area contributed by atoms with E-state index in [0.29, 0.717) is 0 Å². The van der Waals surface area contributed by atoms with Crippen LogP contribution in [0.1, 0.15) is 11.1 Å². The summed E-state index contributed by atoms with van der Waals surface area (Å²) in [4.78, 5) is 2.32. The summed E-state index contributed by atoms with van der Waals surface area (Å²) in [5, 5.41) is 0. The maximum atomic E-state index is 5.94. The van der Waals surface area contributed by atoms with Gasteiger partial charge in [-0.1, -0.05) is 48.5 Å². The van der Waals surface area contributed by atoms with Gasteiger partial charge < -0.3 is 10.6 Å². The standard InChI is InChI=1S/C16H20N2/c1-18(13-14-7-3-2-4-8-14)12-11-15-9-5-6-10-16(15)17/h2-10H,11-13,17H2,1H3. The SMILES string of the molecule is CN(CCc1ccccc1N)Cc1ccccc1. The van der Waals surface area contributed by atoms with E-state index >= 15 is 0 Å². The molecule has 0 aliphatic carbocycles. The van der Waals surface area contributed by atoms with Gasteiger partial charge in [0.05, 0.1) is 0 Å².